The minimum absolute atomic E-state index is 0.0178. The first-order valence-electron chi connectivity index (χ1n) is 5.66. The average Bonchev–Trinajstić information content (AvgIpc) is 2.33. The number of rotatable bonds is 6. The predicted octanol–water partition coefficient (Wildman–Crippen LogP) is -0.0972. The molecule has 1 unspecified atom stereocenters. The summed E-state index contributed by atoms with van der Waals surface area (Å²) in [5.74, 6) is -1.58. The molecule has 0 bridgehead atoms. The van der Waals surface area contributed by atoms with Gasteiger partial charge in [0, 0.05) is 19.3 Å². The molecule has 7 heteroatoms. The molecule has 1 heterocycles. The van der Waals surface area contributed by atoms with Gasteiger partial charge in [-0.2, -0.15) is 0 Å². The molecule has 1 aromatic heterocycles. The number of hydrogen-bond donors (Lipinski definition) is 3. The van der Waals surface area contributed by atoms with Crippen molar-refractivity contribution in [2.24, 2.45) is 0 Å². The van der Waals surface area contributed by atoms with E-state index < -0.39 is 23.5 Å². The number of carboxylic acid groups (broad SMARTS) is 1. The molecule has 0 aliphatic heterocycles. The lowest BCUT2D eigenvalue weighted by atomic mass is 10.2. The lowest BCUT2D eigenvalue weighted by molar-refractivity contribution is -0.139. The summed E-state index contributed by atoms with van der Waals surface area (Å²) >= 11 is 0. The van der Waals surface area contributed by atoms with Crippen LogP contribution < -0.4 is 10.9 Å². The Morgan fingerprint density at radius 2 is 2.16 bits per heavy atom. The van der Waals surface area contributed by atoms with E-state index in [1.165, 1.54) is 13.2 Å². The maximum atomic E-state index is 11.7. The number of pyridine rings is 1. The van der Waals surface area contributed by atoms with E-state index in [4.69, 9.17) is 9.84 Å². The summed E-state index contributed by atoms with van der Waals surface area (Å²) < 4.78 is 4.92. The zero-order valence-electron chi connectivity index (χ0n) is 10.7. The number of aliphatic carboxylic acids is 1. The highest BCUT2D eigenvalue weighted by molar-refractivity contribution is 5.93. The van der Waals surface area contributed by atoms with E-state index >= 15 is 0 Å². The van der Waals surface area contributed by atoms with Crippen LogP contribution in [0.3, 0.4) is 0 Å². The van der Waals surface area contributed by atoms with Crippen LogP contribution in [0.25, 0.3) is 0 Å². The Balaban J connectivity index is 2.64. The maximum absolute atomic E-state index is 11.7. The number of carbonyl (C=O) groups is 2. The van der Waals surface area contributed by atoms with Gasteiger partial charge in [-0.1, -0.05) is 0 Å². The molecule has 1 atom stereocenters. The van der Waals surface area contributed by atoms with E-state index in [2.05, 4.69) is 10.3 Å². The van der Waals surface area contributed by atoms with Crippen molar-refractivity contribution < 1.29 is 19.4 Å². The second kappa shape index (κ2) is 6.69. The maximum Gasteiger partial charge on any atom is 0.306 e. The summed E-state index contributed by atoms with van der Waals surface area (Å²) in [6, 6.07) is 3.03. The van der Waals surface area contributed by atoms with Crippen molar-refractivity contribution in [3.8, 4) is 0 Å². The normalized spacial score (nSPS) is 11.9. The topological polar surface area (TPSA) is 108 Å². The van der Waals surface area contributed by atoms with Crippen molar-refractivity contribution in [2.45, 2.75) is 19.4 Å². The summed E-state index contributed by atoms with van der Waals surface area (Å²) in [5.41, 5.74) is 0.155. The van der Waals surface area contributed by atoms with Gasteiger partial charge in [-0.3, -0.25) is 14.4 Å². The van der Waals surface area contributed by atoms with E-state index in [0.717, 1.165) is 0 Å². The van der Waals surface area contributed by atoms with E-state index in [9.17, 15) is 14.4 Å². The van der Waals surface area contributed by atoms with Crippen LogP contribution in [0, 0.1) is 6.92 Å². The Morgan fingerprint density at radius 3 is 2.68 bits per heavy atom. The molecule has 0 aliphatic carbocycles. The molecule has 1 aromatic rings. The number of hydrogen-bond acceptors (Lipinski definition) is 4. The highest BCUT2D eigenvalue weighted by atomic mass is 16.5. The molecule has 7 nitrogen and oxygen atoms in total. The van der Waals surface area contributed by atoms with Crippen LogP contribution in [-0.4, -0.2) is 41.7 Å². The van der Waals surface area contributed by atoms with Crippen LogP contribution in [-0.2, 0) is 9.53 Å². The Morgan fingerprint density at radius 1 is 1.47 bits per heavy atom. The third-order valence-corrected chi connectivity index (χ3v) is 2.53. The number of aromatic amines is 1. The standard InChI is InChI=1S/C12H16N2O5/c1-7-3-4-9(12(18)14-7)11(17)13-6-8(19-2)5-10(15)16/h3-4,8H,5-6H2,1-2H3,(H,13,17)(H,14,18)(H,15,16). The quantitative estimate of drug-likeness (QED) is 0.667. The minimum Gasteiger partial charge on any atom is -0.481 e. The molecule has 1 amide bonds. The van der Waals surface area contributed by atoms with Crippen molar-refractivity contribution in [1.29, 1.82) is 0 Å². The van der Waals surface area contributed by atoms with Crippen molar-refractivity contribution in [3.05, 3.63) is 33.7 Å². The average molecular weight is 268 g/mol. The first-order valence-corrected chi connectivity index (χ1v) is 5.66. The molecular weight excluding hydrogens is 252 g/mol. The van der Waals surface area contributed by atoms with Crippen molar-refractivity contribution in [3.63, 3.8) is 0 Å². The van der Waals surface area contributed by atoms with E-state index in [1.807, 2.05) is 0 Å². The minimum atomic E-state index is -1.02. The summed E-state index contributed by atoms with van der Waals surface area (Å²) in [4.78, 5) is 36.3. The van der Waals surface area contributed by atoms with Gasteiger partial charge in [0.1, 0.15) is 5.56 Å². The van der Waals surface area contributed by atoms with Crippen molar-refractivity contribution in [2.75, 3.05) is 13.7 Å². The molecular formula is C12H16N2O5. The summed E-state index contributed by atoms with van der Waals surface area (Å²) in [6.45, 7) is 1.73. The number of ether oxygens (including phenoxy) is 1. The highest BCUT2D eigenvalue weighted by Gasteiger charge is 2.15. The van der Waals surface area contributed by atoms with Gasteiger partial charge in [-0.15, -0.1) is 0 Å². The Bertz CT molecular complexity index is 523. The van der Waals surface area contributed by atoms with Gasteiger partial charge in [0.05, 0.1) is 12.5 Å². The van der Waals surface area contributed by atoms with Crippen molar-refractivity contribution in [1.82, 2.24) is 10.3 Å². The Hall–Kier alpha value is -2.15. The van der Waals surface area contributed by atoms with Gasteiger partial charge < -0.3 is 20.1 Å². The summed E-state index contributed by atoms with van der Waals surface area (Å²) in [5, 5.41) is 11.1. The van der Waals surface area contributed by atoms with Gasteiger partial charge in [-0.05, 0) is 19.1 Å². The predicted molar refractivity (Wildman–Crippen MR) is 67.2 cm³/mol. The molecule has 0 aliphatic rings. The second-order valence-electron chi connectivity index (χ2n) is 4.05. The second-order valence-corrected chi connectivity index (χ2v) is 4.05. The number of carboxylic acids is 1. The van der Waals surface area contributed by atoms with Gasteiger partial charge >= 0.3 is 5.97 Å². The summed E-state index contributed by atoms with van der Waals surface area (Å²) in [6.07, 6.45) is -0.855. The molecule has 0 saturated carbocycles. The number of carbonyl (C=O) groups excluding carboxylic acids is 1. The molecule has 0 aromatic carbocycles. The number of H-pyrrole nitrogens is 1. The molecule has 0 saturated heterocycles. The monoisotopic (exact) mass is 268 g/mol. The van der Waals surface area contributed by atoms with Gasteiger partial charge in [0.15, 0.2) is 0 Å². The molecule has 1 rings (SSSR count). The zero-order valence-corrected chi connectivity index (χ0v) is 10.7. The molecule has 3 N–H and O–H groups in total. The third kappa shape index (κ3) is 4.55. The fourth-order valence-electron chi connectivity index (χ4n) is 1.49. The molecule has 0 radical (unpaired) electrons. The van der Waals surface area contributed by atoms with Crippen molar-refractivity contribution >= 4 is 11.9 Å². The SMILES string of the molecule is COC(CNC(=O)c1ccc(C)[nH]c1=O)CC(=O)O. The van der Waals surface area contributed by atoms with Gasteiger partial charge in [0.25, 0.3) is 11.5 Å². The lowest BCUT2D eigenvalue weighted by Crippen LogP contribution is -2.36. The first kappa shape index (κ1) is 14.9. The van der Waals surface area contributed by atoms with Crippen LogP contribution >= 0.6 is 0 Å². The Kier molecular flexibility index (Phi) is 5.25. The molecule has 104 valence electrons. The number of nitrogens with one attached hydrogen (secondary N) is 2. The van der Waals surface area contributed by atoms with E-state index in [0.29, 0.717) is 5.69 Å². The third-order valence-electron chi connectivity index (χ3n) is 2.53. The van der Waals surface area contributed by atoms with E-state index in [-0.39, 0.29) is 18.5 Å². The fourth-order valence-corrected chi connectivity index (χ4v) is 1.49. The summed E-state index contributed by atoms with van der Waals surface area (Å²) in [7, 11) is 1.36. The van der Waals surface area contributed by atoms with Crippen LogP contribution in [0.4, 0.5) is 0 Å². The largest absolute Gasteiger partial charge is 0.481 e. The molecule has 0 fully saturated rings. The number of methoxy groups -OCH3 is 1. The highest BCUT2D eigenvalue weighted by Crippen LogP contribution is 1.97. The lowest BCUT2D eigenvalue weighted by Gasteiger charge is -2.13. The number of aryl methyl sites for hydroxylation is 1. The van der Waals surface area contributed by atoms with Gasteiger partial charge in [0.2, 0.25) is 0 Å². The van der Waals surface area contributed by atoms with Crippen LogP contribution in [0.15, 0.2) is 16.9 Å². The van der Waals surface area contributed by atoms with Crippen LogP contribution in [0.2, 0.25) is 0 Å². The van der Waals surface area contributed by atoms with Crippen LogP contribution in [0.5, 0.6) is 0 Å². The van der Waals surface area contributed by atoms with Gasteiger partial charge in [-0.25, -0.2) is 0 Å². The van der Waals surface area contributed by atoms with E-state index in [1.54, 1.807) is 13.0 Å². The zero-order chi connectivity index (χ0) is 14.4. The van der Waals surface area contributed by atoms with Crippen LogP contribution in [0.1, 0.15) is 22.5 Å². The number of amides is 1. The molecule has 0 spiro atoms. The first-order chi connectivity index (χ1) is 8.93. The fraction of sp³-hybridized carbons (Fsp3) is 0.417. The smallest absolute Gasteiger partial charge is 0.306 e. The number of aromatic nitrogens is 1. The Labute approximate surface area is 109 Å². The molecule has 19 heavy (non-hydrogen) atoms.